The first-order valence-electron chi connectivity index (χ1n) is 9.62. The molecule has 1 aromatic carbocycles. The van der Waals surface area contributed by atoms with Gasteiger partial charge in [0, 0.05) is 45.9 Å². The summed E-state index contributed by atoms with van der Waals surface area (Å²) in [7, 11) is 1.46. The summed E-state index contributed by atoms with van der Waals surface area (Å²) in [5.41, 5.74) is 4.54. The van der Waals surface area contributed by atoms with E-state index in [1.165, 1.54) is 13.2 Å². The SMILES string of the molecule is COCc1c(C(O)C=O)cc2n(c1=O)Cc1c-2nc2cc(F)c(C)c3c2c1CCS3. The molecule has 0 saturated carbocycles. The lowest BCUT2D eigenvalue weighted by Gasteiger charge is -2.21. The Hall–Kier alpha value is -2.55. The molecule has 4 heterocycles. The van der Waals surface area contributed by atoms with Crippen molar-refractivity contribution >= 4 is 29.0 Å². The average Bonchev–Trinajstić information content (AvgIpc) is 3.12. The molecule has 30 heavy (non-hydrogen) atoms. The number of fused-ring (bicyclic) bond motifs is 4. The van der Waals surface area contributed by atoms with Gasteiger partial charge in [0.25, 0.3) is 5.56 Å². The number of hydrogen-bond acceptors (Lipinski definition) is 6. The molecule has 3 aromatic rings. The van der Waals surface area contributed by atoms with Gasteiger partial charge in [-0.25, -0.2) is 9.37 Å². The molecule has 0 bridgehead atoms. The van der Waals surface area contributed by atoms with Gasteiger partial charge >= 0.3 is 0 Å². The average molecular weight is 426 g/mol. The summed E-state index contributed by atoms with van der Waals surface area (Å²) in [4.78, 5) is 30.1. The zero-order valence-corrected chi connectivity index (χ0v) is 17.3. The Kier molecular flexibility index (Phi) is 4.53. The van der Waals surface area contributed by atoms with Crippen LogP contribution >= 0.6 is 11.8 Å². The van der Waals surface area contributed by atoms with Crippen molar-refractivity contribution in [1.29, 1.82) is 0 Å². The van der Waals surface area contributed by atoms with Crippen molar-refractivity contribution in [2.45, 2.75) is 37.5 Å². The van der Waals surface area contributed by atoms with Gasteiger partial charge in [0.05, 0.1) is 30.1 Å². The van der Waals surface area contributed by atoms with Gasteiger partial charge in [0.1, 0.15) is 11.9 Å². The molecule has 0 amide bonds. The van der Waals surface area contributed by atoms with Gasteiger partial charge < -0.3 is 19.2 Å². The molecule has 2 aliphatic heterocycles. The molecule has 1 unspecified atom stereocenters. The van der Waals surface area contributed by atoms with Crippen LogP contribution < -0.4 is 5.56 Å². The number of benzene rings is 1. The van der Waals surface area contributed by atoms with Crippen LogP contribution in [0.1, 0.15) is 33.9 Å². The maximum Gasteiger partial charge on any atom is 0.257 e. The van der Waals surface area contributed by atoms with E-state index in [2.05, 4.69) is 0 Å². The number of aliphatic hydroxyl groups excluding tert-OH is 1. The summed E-state index contributed by atoms with van der Waals surface area (Å²) in [6, 6.07) is 3.08. The lowest BCUT2D eigenvalue weighted by molar-refractivity contribution is -0.115. The molecule has 1 N–H and O–H groups in total. The molecule has 8 heteroatoms. The van der Waals surface area contributed by atoms with Gasteiger partial charge in [0.2, 0.25) is 0 Å². The maximum atomic E-state index is 14.5. The van der Waals surface area contributed by atoms with Crippen molar-refractivity contribution in [3.63, 3.8) is 0 Å². The van der Waals surface area contributed by atoms with Crippen molar-refractivity contribution in [1.82, 2.24) is 9.55 Å². The van der Waals surface area contributed by atoms with Gasteiger partial charge in [-0.2, -0.15) is 0 Å². The second-order valence-corrected chi connectivity index (χ2v) is 8.70. The minimum Gasteiger partial charge on any atom is -0.381 e. The molecule has 154 valence electrons. The first-order valence-corrected chi connectivity index (χ1v) is 10.6. The maximum absolute atomic E-state index is 14.5. The highest BCUT2D eigenvalue weighted by Crippen LogP contribution is 2.44. The number of halogens is 1. The fourth-order valence-electron chi connectivity index (χ4n) is 4.51. The number of aldehydes is 1. The normalized spacial score (nSPS) is 15.2. The number of hydrogen-bond donors (Lipinski definition) is 1. The van der Waals surface area contributed by atoms with E-state index in [-0.39, 0.29) is 29.1 Å². The van der Waals surface area contributed by atoms with E-state index < -0.39 is 6.10 Å². The molecule has 6 nitrogen and oxygen atoms in total. The van der Waals surface area contributed by atoms with Crippen LogP contribution in [0.25, 0.3) is 22.3 Å². The number of carbonyl (C=O) groups is 1. The molecule has 0 aliphatic carbocycles. The van der Waals surface area contributed by atoms with Crippen LogP contribution in [0.3, 0.4) is 0 Å². The number of aryl methyl sites for hydroxylation is 1. The van der Waals surface area contributed by atoms with Crippen molar-refractivity contribution in [3.05, 3.63) is 56.1 Å². The van der Waals surface area contributed by atoms with Crippen molar-refractivity contribution in [2.75, 3.05) is 12.9 Å². The molecular weight excluding hydrogens is 407 g/mol. The topological polar surface area (TPSA) is 81.4 Å². The lowest BCUT2D eigenvalue weighted by Crippen LogP contribution is -2.26. The van der Waals surface area contributed by atoms with Crippen molar-refractivity contribution in [2.24, 2.45) is 0 Å². The first-order chi connectivity index (χ1) is 14.5. The standard InChI is InChI=1S/C22H19FN2O4S/c1-10-15(23)6-16-19-11(3-4-30-21(10)19)13-7-25-17(20(13)24-16)5-12(18(27)8-26)14(9-29-2)22(25)28/h5-6,8,18,27H,3-4,7,9H2,1-2H3. The molecule has 5 rings (SSSR count). The van der Waals surface area contributed by atoms with Crippen LogP contribution in [0.15, 0.2) is 21.8 Å². The molecule has 0 saturated heterocycles. The number of nitrogens with zero attached hydrogens (tertiary/aromatic N) is 2. The summed E-state index contributed by atoms with van der Waals surface area (Å²) >= 11 is 1.64. The highest BCUT2D eigenvalue weighted by atomic mass is 32.2. The number of ether oxygens (including phenoxy) is 1. The smallest absolute Gasteiger partial charge is 0.257 e. The summed E-state index contributed by atoms with van der Waals surface area (Å²) in [6.07, 6.45) is -0.235. The second-order valence-electron chi connectivity index (χ2n) is 7.59. The lowest BCUT2D eigenvalue weighted by atomic mass is 9.96. The number of thioether (sulfide) groups is 1. The van der Waals surface area contributed by atoms with Crippen molar-refractivity contribution in [3.8, 4) is 11.4 Å². The number of aromatic nitrogens is 2. The number of pyridine rings is 2. The highest BCUT2D eigenvalue weighted by molar-refractivity contribution is 7.99. The minimum absolute atomic E-state index is 0.0108. The Balaban J connectivity index is 1.84. The fourth-order valence-corrected chi connectivity index (χ4v) is 5.71. The second kappa shape index (κ2) is 7.01. The Labute approximate surface area is 175 Å². The number of aliphatic hydroxyl groups is 1. The highest BCUT2D eigenvalue weighted by Gasteiger charge is 2.31. The quantitative estimate of drug-likeness (QED) is 0.506. The summed E-state index contributed by atoms with van der Waals surface area (Å²) in [5.74, 6) is 0.534. The molecular formula is C22H19FN2O4S. The van der Waals surface area contributed by atoms with Gasteiger partial charge in [0.15, 0.2) is 6.29 Å². The summed E-state index contributed by atoms with van der Waals surface area (Å²) in [6.45, 7) is 2.13. The molecule has 1 atom stereocenters. The Bertz CT molecular complexity index is 1300. The van der Waals surface area contributed by atoms with Crippen LogP contribution in [0, 0.1) is 12.7 Å². The predicted octanol–water partition coefficient (Wildman–Crippen LogP) is 2.90. The van der Waals surface area contributed by atoms with Crippen LogP contribution in [0.2, 0.25) is 0 Å². The Morgan fingerprint density at radius 1 is 1.40 bits per heavy atom. The predicted molar refractivity (Wildman–Crippen MR) is 111 cm³/mol. The molecule has 0 radical (unpaired) electrons. The number of carbonyl (C=O) groups excluding carboxylic acids is 1. The molecule has 2 aromatic heterocycles. The van der Waals surface area contributed by atoms with E-state index in [0.717, 1.165) is 33.6 Å². The minimum atomic E-state index is -1.43. The first kappa shape index (κ1) is 19.4. The summed E-state index contributed by atoms with van der Waals surface area (Å²) in [5, 5.41) is 11.1. The van der Waals surface area contributed by atoms with Crippen LogP contribution in [0.5, 0.6) is 0 Å². The van der Waals surface area contributed by atoms with E-state index >= 15 is 0 Å². The fraction of sp³-hybridized carbons (Fsp3) is 0.318. The zero-order chi connectivity index (χ0) is 21.2. The molecule has 2 aliphatic rings. The van der Waals surface area contributed by atoms with E-state index in [9.17, 15) is 19.1 Å². The van der Waals surface area contributed by atoms with Gasteiger partial charge in [-0.1, -0.05) is 0 Å². The molecule has 0 spiro atoms. The van der Waals surface area contributed by atoms with Gasteiger partial charge in [-0.05, 0) is 30.5 Å². The third-order valence-corrected chi connectivity index (χ3v) is 7.17. The van der Waals surface area contributed by atoms with Gasteiger partial charge in [-0.15, -0.1) is 11.8 Å². The monoisotopic (exact) mass is 426 g/mol. The zero-order valence-electron chi connectivity index (χ0n) is 16.5. The van der Waals surface area contributed by atoms with Gasteiger partial charge in [-0.3, -0.25) is 4.79 Å². The van der Waals surface area contributed by atoms with Crippen LogP contribution in [-0.2, 0) is 29.1 Å². The van der Waals surface area contributed by atoms with Crippen LogP contribution in [-0.4, -0.2) is 33.8 Å². The van der Waals surface area contributed by atoms with Crippen molar-refractivity contribution < 1.29 is 19.0 Å². The number of methoxy groups -OCH3 is 1. The van der Waals surface area contributed by atoms with Crippen LogP contribution in [0.4, 0.5) is 4.39 Å². The third-order valence-electron chi connectivity index (χ3n) is 5.96. The largest absolute Gasteiger partial charge is 0.381 e. The Morgan fingerprint density at radius 3 is 2.93 bits per heavy atom. The van der Waals surface area contributed by atoms with E-state index in [4.69, 9.17) is 9.72 Å². The Morgan fingerprint density at radius 2 is 2.20 bits per heavy atom. The van der Waals surface area contributed by atoms with E-state index in [1.807, 2.05) is 0 Å². The number of rotatable bonds is 4. The third kappa shape index (κ3) is 2.60. The molecule has 0 fully saturated rings. The summed E-state index contributed by atoms with van der Waals surface area (Å²) < 4.78 is 21.3. The van der Waals surface area contributed by atoms with E-state index in [1.54, 1.807) is 29.3 Å². The van der Waals surface area contributed by atoms with E-state index in [0.29, 0.717) is 35.3 Å².